The monoisotopic (exact) mass is 365 g/mol. The molecule has 1 aliphatic rings. The summed E-state index contributed by atoms with van der Waals surface area (Å²) in [5.74, 6) is 0.524. The molecule has 0 atom stereocenters. The van der Waals surface area contributed by atoms with Crippen molar-refractivity contribution in [2.24, 2.45) is 5.92 Å². The highest BCUT2D eigenvalue weighted by Gasteiger charge is 2.23. The van der Waals surface area contributed by atoms with Crippen LogP contribution in [0.1, 0.15) is 51.0 Å². The number of nitriles is 1. The zero-order chi connectivity index (χ0) is 18.4. The van der Waals surface area contributed by atoms with Crippen LogP contribution in [0.25, 0.3) is 11.1 Å². The largest absolute Gasteiger partial charge is 0.206 e. The number of benzene rings is 2. The van der Waals surface area contributed by atoms with Gasteiger partial charge in [0, 0.05) is 0 Å². The van der Waals surface area contributed by atoms with Crippen molar-refractivity contribution < 1.29 is 4.39 Å². The fraction of sp³-hybridized carbons (Fsp3) is 0.435. The lowest BCUT2D eigenvalue weighted by atomic mass is 9.96. The molecule has 0 N–H and O–H groups in total. The molecule has 1 heterocycles. The number of unbranched alkanes of at least 4 members (excludes halogenated alkanes) is 2. The maximum absolute atomic E-state index is 13.8. The predicted molar refractivity (Wildman–Crippen MR) is 110 cm³/mol. The van der Waals surface area contributed by atoms with Gasteiger partial charge in [0.1, 0.15) is 11.9 Å². The molecule has 2 aromatic carbocycles. The zero-order valence-electron chi connectivity index (χ0n) is 15.7. The molecule has 1 aliphatic heterocycles. The van der Waals surface area contributed by atoms with E-state index >= 15 is 0 Å². The van der Waals surface area contributed by atoms with Crippen molar-refractivity contribution in [3.05, 3.63) is 53.8 Å². The molecule has 0 aromatic heterocycles. The Balaban J connectivity index is 1.60. The van der Waals surface area contributed by atoms with Gasteiger partial charge in [-0.25, -0.2) is 4.39 Å². The van der Waals surface area contributed by atoms with E-state index in [4.69, 9.17) is 5.26 Å². The fourth-order valence-corrected chi connectivity index (χ4v) is 7.64. The van der Waals surface area contributed by atoms with Crippen LogP contribution in [0.4, 0.5) is 4.39 Å². The van der Waals surface area contributed by atoms with E-state index in [0.29, 0.717) is 0 Å². The van der Waals surface area contributed by atoms with Gasteiger partial charge in [-0.15, -0.1) is 0 Å². The van der Waals surface area contributed by atoms with Crippen molar-refractivity contribution in [1.29, 1.82) is 5.26 Å². The van der Waals surface area contributed by atoms with Gasteiger partial charge in [-0.05, 0) is 29.2 Å². The first kappa shape index (κ1) is 18.9. The van der Waals surface area contributed by atoms with E-state index in [1.165, 1.54) is 56.7 Å². The Kier molecular flexibility index (Phi) is 6.63. The van der Waals surface area contributed by atoms with Crippen molar-refractivity contribution in [2.45, 2.75) is 57.5 Å². The third-order valence-electron chi connectivity index (χ3n) is 5.87. The third-order valence-corrected chi connectivity index (χ3v) is 9.26. The quantitative estimate of drug-likeness (QED) is 0.469. The van der Waals surface area contributed by atoms with Gasteiger partial charge in [0.15, 0.2) is 0 Å². The highest BCUT2D eigenvalue weighted by atomic mass is 28.3. The normalized spacial score (nSPS) is 19.9. The van der Waals surface area contributed by atoms with Gasteiger partial charge in [0.05, 0.1) is 14.4 Å². The second-order valence-electron chi connectivity index (χ2n) is 7.64. The molecule has 3 heteroatoms. The van der Waals surface area contributed by atoms with E-state index in [9.17, 15) is 4.39 Å². The van der Waals surface area contributed by atoms with Gasteiger partial charge in [0.25, 0.3) is 0 Å². The number of halogens is 1. The summed E-state index contributed by atoms with van der Waals surface area (Å²) < 4.78 is 13.8. The molecule has 0 amide bonds. The Bertz CT molecular complexity index is 755. The van der Waals surface area contributed by atoms with Crippen LogP contribution in [0.15, 0.2) is 42.5 Å². The van der Waals surface area contributed by atoms with E-state index in [2.05, 4.69) is 31.2 Å². The van der Waals surface area contributed by atoms with E-state index in [0.717, 1.165) is 17.0 Å². The molecule has 0 unspecified atom stereocenters. The van der Waals surface area contributed by atoms with Gasteiger partial charge < -0.3 is 0 Å². The van der Waals surface area contributed by atoms with Crippen LogP contribution < -0.4 is 5.19 Å². The summed E-state index contributed by atoms with van der Waals surface area (Å²) in [4.78, 5) is 0. The average Bonchev–Trinajstić information content (AvgIpc) is 2.69. The van der Waals surface area contributed by atoms with Crippen molar-refractivity contribution in [3.8, 4) is 17.2 Å². The summed E-state index contributed by atoms with van der Waals surface area (Å²) >= 11 is 0. The Labute approximate surface area is 158 Å². The van der Waals surface area contributed by atoms with Gasteiger partial charge in [0.2, 0.25) is 0 Å². The standard InChI is InChI=1S/C23H28FNSi/c1-2-3-4-5-18-12-14-26(15-13-18)22-10-8-19(9-11-22)20-6-7-21(17-25)23(24)16-20/h6-11,16,18,26H,2-5,12-15H2,1H3/t18-,26-. The summed E-state index contributed by atoms with van der Waals surface area (Å²) in [6.07, 6.45) is 8.38. The number of nitrogens with zero attached hydrogens (tertiary/aromatic N) is 1. The molecule has 1 saturated heterocycles. The highest BCUT2D eigenvalue weighted by molar-refractivity contribution is 6.73. The molecule has 1 nitrogen and oxygen atoms in total. The van der Waals surface area contributed by atoms with Crippen LogP contribution in [0.5, 0.6) is 0 Å². The minimum atomic E-state index is -0.819. The smallest absolute Gasteiger partial charge is 0.141 e. The molecule has 2 aromatic rings. The first-order valence-electron chi connectivity index (χ1n) is 10.0. The number of hydrogen-bond acceptors (Lipinski definition) is 1. The van der Waals surface area contributed by atoms with Gasteiger partial charge in [-0.3, -0.25) is 0 Å². The van der Waals surface area contributed by atoms with Crippen LogP contribution in [0, 0.1) is 23.1 Å². The van der Waals surface area contributed by atoms with Crippen molar-refractivity contribution in [2.75, 3.05) is 0 Å². The van der Waals surface area contributed by atoms with E-state index in [1.54, 1.807) is 11.3 Å². The van der Waals surface area contributed by atoms with Crippen LogP contribution in [-0.2, 0) is 0 Å². The maximum atomic E-state index is 13.8. The Morgan fingerprint density at radius 3 is 2.35 bits per heavy atom. The number of hydrogen-bond donors (Lipinski definition) is 0. The second kappa shape index (κ2) is 9.14. The minimum absolute atomic E-state index is 0.105. The molecular formula is C23H28FNSi. The third kappa shape index (κ3) is 4.62. The summed E-state index contributed by atoms with van der Waals surface area (Å²) in [7, 11) is -0.819. The predicted octanol–water partition coefficient (Wildman–Crippen LogP) is 5.79. The van der Waals surface area contributed by atoms with Crippen LogP contribution in [0.3, 0.4) is 0 Å². The summed E-state index contributed by atoms with van der Waals surface area (Å²) in [5, 5.41) is 10.4. The van der Waals surface area contributed by atoms with Gasteiger partial charge in [-0.2, -0.15) is 5.26 Å². The minimum Gasteiger partial charge on any atom is -0.206 e. The summed E-state index contributed by atoms with van der Waals surface area (Å²) in [5.41, 5.74) is 1.97. The average molecular weight is 366 g/mol. The van der Waals surface area contributed by atoms with E-state index in [-0.39, 0.29) is 5.56 Å². The lowest BCUT2D eigenvalue weighted by molar-refractivity contribution is 0.418. The van der Waals surface area contributed by atoms with Gasteiger partial charge in [-0.1, -0.05) is 93.1 Å². The topological polar surface area (TPSA) is 23.8 Å². The maximum Gasteiger partial charge on any atom is 0.141 e. The molecule has 0 radical (unpaired) electrons. The fourth-order valence-electron chi connectivity index (χ4n) is 4.20. The van der Waals surface area contributed by atoms with Crippen molar-refractivity contribution >= 4 is 14.0 Å². The Morgan fingerprint density at radius 1 is 1.04 bits per heavy atom. The molecule has 136 valence electrons. The van der Waals surface area contributed by atoms with Gasteiger partial charge >= 0.3 is 0 Å². The molecule has 0 saturated carbocycles. The van der Waals surface area contributed by atoms with Crippen molar-refractivity contribution in [3.63, 3.8) is 0 Å². The molecule has 0 bridgehead atoms. The van der Waals surface area contributed by atoms with E-state index in [1.807, 2.05) is 12.1 Å². The first-order valence-corrected chi connectivity index (χ1v) is 12.2. The molecule has 1 fully saturated rings. The SMILES string of the molecule is CCCCC[C@H]1CC[Si@H](c2ccc(-c3ccc(C#N)c(F)c3)cc2)CC1. The van der Waals surface area contributed by atoms with Crippen LogP contribution >= 0.6 is 0 Å². The highest BCUT2D eigenvalue weighted by Crippen LogP contribution is 2.29. The van der Waals surface area contributed by atoms with Crippen LogP contribution in [0.2, 0.25) is 12.1 Å². The number of rotatable bonds is 6. The summed E-state index contributed by atoms with van der Waals surface area (Å²) in [6, 6.07) is 18.4. The zero-order valence-corrected chi connectivity index (χ0v) is 16.8. The second-order valence-corrected chi connectivity index (χ2v) is 10.9. The first-order chi connectivity index (χ1) is 12.7. The molecule has 26 heavy (non-hydrogen) atoms. The lowest BCUT2D eigenvalue weighted by Crippen LogP contribution is -2.33. The van der Waals surface area contributed by atoms with Crippen molar-refractivity contribution in [1.82, 2.24) is 0 Å². The lowest BCUT2D eigenvalue weighted by Gasteiger charge is -2.28. The Morgan fingerprint density at radius 2 is 1.73 bits per heavy atom. The molecular weight excluding hydrogens is 337 g/mol. The molecule has 3 rings (SSSR count). The molecule has 0 spiro atoms. The Hall–Kier alpha value is -1.92. The molecule has 0 aliphatic carbocycles. The van der Waals surface area contributed by atoms with E-state index < -0.39 is 14.6 Å². The van der Waals surface area contributed by atoms with Crippen LogP contribution in [-0.4, -0.2) is 8.80 Å². The summed E-state index contributed by atoms with van der Waals surface area (Å²) in [6.45, 7) is 2.28.